The molecule has 0 radical (unpaired) electrons. The summed E-state index contributed by atoms with van der Waals surface area (Å²) in [5.41, 5.74) is 3.00. The van der Waals surface area contributed by atoms with Crippen LogP contribution in [0.25, 0.3) is 5.69 Å². The van der Waals surface area contributed by atoms with Crippen LogP contribution in [-0.2, 0) is 14.4 Å². The molecular formula is C21H24N4O3. The van der Waals surface area contributed by atoms with Crippen LogP contribution in [-0.4, -0.2) is 38.9 Å². The van der Waals surface area contributed by atoms with Gasteiger partial charge in [0.15, 0.2) is 0 Å². The smallest absolute Gasteiger partial charge is 0.244 e. The number of carbonyl (C=O) groups excluding carboxylic acids is 3. The van der Waals surface area contributed by atoms with Gasteiger partial charge in [-0.15, -0.1) is 0 Å². The molecule has 4 rings (SSSR count). The predicted molar refractivity (Wildman–Crippen MR) is 104 cm³/mol. The van der Waals surface area contributed by atoms with Crippen LogP contribution < -0.4 is 5.32 Å². The van der Waals surface area contributed by atoms with Crippen molar-refractivity contribution in [1.29, 1.82) is 0 Å². The van der Waals surface area contributed by atoms with Crippen molar-refractivity contribution < 1.29 is 14.4 Å². The Morgan fingerprint density at radius 2 is 1.68 bits per heavy atom. The molecule has 7 nitrogen and oxygen atoms in total. The van der Waals surface area contributed by atoms with Gasteiger partial charge in [0.2, 0.25) is 17.7 Å². The molecule has 1 N–H and O–H groups in total. The van der Waals surface area contributed by atoms with Gasteiger partial charge in [-0.1, -0.05) is 31.0 Å². The van der Waals surface area contributed by atoms with Crippen molar-refractivity contribution in [3.63, 3.8) is 0 Å². The molecule has 1 aromatic carbocycles. The second-order valence-corrected chi connectivity index (χ2v) is 7.60. The second kappa shape index (κ2) is 7.22. The average molecular weight is 380 g/mol. The van der Waals surface area contributed by atoms with E-state index in [0.29, 0.717) is 11.4 Å². The number of amides is 3. The number of benzene rings is 1. The van der Waals surface area contributed by atoms with E-state index in [1.54, 1.807) is 4.68 Å². The largest absolute Gasteiger partial charge is 0.321 e. The van der Waals surface area contributed by atoms with Crippen molar-refractivity contribution in [2.75, 3.05) is 11.9 Å². The zero-order chi connectivity index (χ0) is 19.8. The molecule has 0 spiro atoms. The van der Waals surface area contributed by atoms with E-state index in [4.69, 9.17) is 0 Å². The Kier molecular flexibility index (Phi) is 4.75. The van der Waals surface area contributed by atoms with Gasteiger partial charge in [0, 0.05) is 0 Å². The first-order chi connectivity index (χ1) is 13.5. The molecular weight excluding hydrogens is 356 g/mol. The summed E-state index contributed by atoms with van der Waals surface area (Å²) in [6, 6.07) is 9.66. The summed E-state index contributed by atoms with van der Waals surface area (Å²) in [5, 5.41) is 7.36. The highest BCUT2D eigenvalue weighted by molar-refractivity contribution is 6.08. The van der Waals surface area contributed by atoms with Crippen molar-refractivity contribution in [2.45, 2.75) is 39.5 Å². The molecule has 2 fully saturated rings. The van der Waals surface area contributed by atoms with Crippen molar-refractivity contribution in [2.24, 2.45) is 11.8 Å². The third-order valence-corrected chi connectivity index (χ3v) is 5.79. The number of anilines is 1. The Balaban J connectivity index is 1.50. The molecule has 1 aliphatic heterocycles. The second-order valence-electron chi connectivity index (χ2n) is 7.60. The number of likely N-dealkylation sites (tertiary alicyclic amines) is 1. The van der Waals surface area contributed by atoms with Crippen molar-refractivity contribution in [3.05, 3.63) is 41.7 Å². The van der Waals surface area contributed by atoms with E-state index in [0.717, 1.165) is 42.0 Å². The van der Waals surface area contributed by atoms with E-state index in [1.165, 1.54) is 0 Å². The number of aryl methyl sites for hydroxylation is 1. The summed E-state index contributed by atoms with van der Waals surface area (Å²) >= 11 is 0. The van der Waals surface area contributed by atoms with E-state index >= 15 is 0 Å². The minimum atomic E-state index is -0.376. The Hall–Kier alpha value is -2.96. The predicted octanol–water partition coefficient (Wildman–Crippen LogP) is 2.60. The Morgan fingerprint density at radius 3 is 2.29 bits per heavy atom. The minimum Gasteiger partial charge on any atom is -0.321 e. The van der Waals surface area contributed by atoms with Gasteiger partial charge < -0.3 is 5.32 Å². The van der Waals surface area contributed by atoms with Gasteiger partial charge in [0.1, 0.15) is 6.54 Å². The van der Waals surface area contributed by atoms with E-state index in [-0.39, 0.29) is 36.1 Å². The highest BCUT2D eigenvalue weighted by atomic mass is 16.2. The van der Waals surface area contributed by atoms with Crippen LogP contribution in [0, 0.1) is 25.7 Å². The number of imide groups is 1. The minimum absolute atomic E-state index is 0.196. The number of rotatable bonds is 4. The molecule has 7 heteroatoms. The molecule has 1 aromatic heterocycles. The fraction of sp³-hybridized carbons (Fsp3) is 0.429. The topological polar surface area (TPSA) is 84.3 Å². The maximum absolute atomic E-state index is 12.6. The zero-order valence-corrected chi connectivity index (χ0v) is 16.1. The summed E-state index contributed by atoms with van der Waals surface area (Å²) in [6.45, 7) is 3.46. The highest BCUT2D eigenvalue weighted by Gasteiger charge is 2.48. The molecule has 2 unspecified atom stereocenters. The third-order valence-electron chi connectivity index (χ3n) is 5.79. The van der Waals surface area contributed by atoms with Crippen molar-refractivity contribution in [1.82, 2.24) is 14.7 Å². The number of hydrogen-bond acceptors (Lipinski definition) is 4. The monoisotopic (exact) mass is 380 g/mol. The molecule has 2 aromatic rings. The van der Waals surface area contributed by atoms with Crippen LogP contribution in [0.1, 0.15) is 37.1 Å². The maximum atomic E-state index is 12.6. The number of hydrogen-bond donors (Lipinski definition) is 1. The van der Waals surface area contributed by atoms with Crippen molar-refractivity contribution in [3.8, 4) is 5.69 Å². The van der Waals surface area contributed by atoms with Gasteiger partial charge in [0.05, 0.1) is 34.6 Å². The highest BCUT2D eigenvalue weighted by Crippen LogP contribution is 2.37. The Morgan fingerprint density at radius 1 is 1.07 bits per heavy atom. The Bertz CT molecular complexity index is 911. The van der Waals surface area contributed by atoms with Crippen LogP contribution in [0.5, 0.6) is 0 Å². The molecule has 2 aliphatic rings. The quantitative estimate of drug-likeness (QED) is 0.827. The number of nitrogens with one attached hydrogen (secondary N) is 1. The standard InChI is InChI=1S/C21H24N4O3/c1-13-19(14(2)25(23-13)15-8-4-3-5-9-15)22-18(26)12-24-20(27)16-10-6-7-11-17(16)21(24)28/h3-5,8-9,16-17H,6-7,10-12H2,1-2H3,(H,22,26). The summed E-state index contributed by atoms with van der Waals surface area (Å²) in [7, 11) is 0. The molecule has 0 bridgehead atoms. The van der Waals surface area contributed by atoms with Gasteiger partial charge in [-0.2, -0.15) is 5.10 Å². The number of aromatic nitrogens is 2. The van der Waals surface area contributed by atoms with Crippen LogP contribution in [0.15, 0.2) is 30.3 Å². The molecule has 146 valence electrons. The number of carbonyl (C=O) groups is 3. The van der Waals surface area contributed by atoms with E-state index in [1.807, 2.05) is 44.2 Å². The lowest BCUT2D eigenvalue weighted by Gasteiger charge is -2.19. The van der Waals surface area contributed by atoms with Crippen LogP contribution >= 0.6 is 0 Å². The first kappa shape index (κ1) is 18.4. The van der Waals surface area contributed by atoms with Crippen LogP contribution in [0.4, 0.5) is 5.69 Å². The SMILES string of the molecule is Cc1nn(-c2ccccc2)c(C)c1NC(=O)CN1C(=O)C2CCCCC2C1=O. The summed E-state index contributed by atoms with van der Waals surface area (Å²) < 4.78 is 1.77. The number of fused-ring (bicyclic) bond motifs is 1. The fourth-order valence-corrected chi connectivity index (χ4v) is 4.35. The molecule has 1 saturated heterocycles. The molecule has 3 amide bonds. The van der Waals surface area contributed by atoms with Crippen LogP contribution in [0.2, 0.25) is 0 Å². The lowest BCUT2D eigenvalue weighted by molar-refractivity contribution is -0.142. The first-order valence-electron chi connectivity index (χ1n) is 9.74. The Labute approximate surface area is 163 Å². The van der Waals surface area contributed by atoms with Crippen LogP contribution in [0.3, 0.4) is 0 Å². The van der Waals surface area contributed by atoms with E-state index < -0.39 is 0 Å². The zero-order valence-electron chi connectivity index (χ0n) is 16.1. The van der Waals surface area contributed by atoms with Crippen molar-refractivity contribution >= 4 is 23.4 Å². The van der Waals surface area contributed by atoms with Gasteiger partial charge in [-0.25, -0.2) is 4.68 Å². The van der Waals surface area contributed by atoms with Gasteiger partial charge in [0.25, 0.3) is 0 Å². The maximum Gasteiger partial charge on any atom is 0.244 e. The third kappa shape index (κ3) is 3.10. The fourth-order valence-electron chi connectivity index (χ4n) is 4.35. The van der Waals surface area contributed by atoms with Gasteiger partial charge >= 0.3 is 0 Å². The lowest BCUT2D eigenvalue weighted by Crippen LogP contribution is -2.38. The van der Waals surface area contributed by atoms with E-state index in [2.05, 4.69) is 10.4 Å². The van der Waals surface area contributed by atoms with E-state index in [9.17, 15) is 14.4 Å². The normalized spacial score (nSPS) is 21.7. The molecule has 1 saturated carbocycles. The average Bonchev–Trinajstić information content (AvgIpc) is 3.12. The molecule has 28 heavy (non-hydrogen) atoms. The number of para-hydroxylation sites is 1. The number of nitrogens with zero attached hydrogens (tertiary/aromatic N) is 3. The van der Waals surface area contributed by atoms with Gasteiger partial charge in [-0.3, -0.25) is 19.3 Å². The summed E-state index contributed by atoms with van der Waals surface area (Å²) in [6.07, 6.45) is 3.43. The lowest BCUT2D eigenvalue weighted by atomic mass is 9.81. The molecule has 2 atom stereocenters. The molecule has 1 aliphatic carbocycles. The summed E-state index contributed by atoms with van der Waals surface area (Å²) in [5.74, 6) is -1.24. The first-order valence-corrected chi connectivity index (χ1v) is 9.74. The van der Waals surface area contributed by atoms with Gasteiger partial charge in [-0.05, 0) is 38.8 Å². The molecule has 2 heterocycles. The summed E-state index contributed by atoms with van der Waals surface area (Å²) in [4.78, 5) is 38.9.